The van der Waals surface area contributed by atoms with Gasteiger partial charge in [0, 0.05) is 25.1 Å². The Bertz CT molecular complexity index is 437. The number of rotatable bonds is 2. The maximum atomic E-state index is 13.3. The maximum absolute atomic E-state index is 13.3. The van der Waals surface area contributed by atoms with Crippen molar-refractivity contribution < 1.29 is 18.3 Å². The van der Waals surface area contributed by atoms with Crippen molar-refractivity contribution in [3.05, 3.63) is 23.8 Å². The lowest BCUT2D eigenvalue weighted by molar-refractivity contribution is -0.124. The summed E-state index contributed by atoms with van der Waals surface area (Å²) < 4.78 is 31.2. The number of hydrogen-bond donors (Lipinski definition) is 2. The molecule has 0 spiro atoms. The molecule has 0 aromatic heterocycles. The van der Waals surface area contributed by atoms with E-state index in [1.54, 1.807) is 0 Å². The number of ether oxygens (including phenoxy) is 1. The third kappa shape index (κ3) is 1.91. The van der Waals surface area contributed by atoms with Crippen LogP contribution in [0.5, 0.6) is 5.75 Å². The second-order valence-corrected chi connectivity index (χ2v) is 3.49. The number of nitrogens with two attached hydrogens (primary N) is 1. The number of nitrogen functional groups attached to an aromatic ring is 1. The van der Waals surface area contributed by atoms with Crippen LogP contribution in [-0.2, 0) is 4.79 Å². The van der Waals surface area contributed by atoms with Gasteiger partial charge in [-0.2, -0.15) is 0 Å². The van der Waals surface area contributed by atoms with Crippen LogP contribution in [0.15, 0.2) is 12.1 Å². The monoisotopic (exact) mass is 228 g/mol. The zero-order chi connectivity index (χ0) is 11.7. The molecule has 0 aliphatic carbocycles. The Morgan fingerprint density at radius 3 is 2.75 bits per heavy atom. The van der Waals surface area contributed by atoms with E-state index >= 15 is 0 Å². The molecule has 4 nitrogen and oxygen atoms in total. The molecule has 1 aliphatic rings. The molecule has 1 aromatic carbocycles. The summed E-state index contributed by atoms with van der Waals surface area (Å²) in [6.45, 7) is 0.488. The highest BCUT2D eigenvalue weighted by molar-refractivity contribution is 5.83. The number of hydrogen-bond acceptors (Lipinski definition) is 3. The molecule has 1 heterocycles. The second-order valence-electron chi connectivity index (χ2n) is 3.49. The molecule has 1 atom stereocenters. The van der Waals surface area contributed by atoms with E-state index in [9.17, 15) is 13.6 Å². The predicted molar refractivity (Wildman–Crippen MR) is 52.8 cm³/mol. The number of benzene rings is 1. The topological polar surface area (TPSA) is 64.3 Å². The molecule has 1 aliphatic heterocycles. The zero-order valence-corrected chi connectivity index (χ0v) is 8.30. The van der Waals surface area contributed by atoms with Gasteiger partial charge in [0.1, 0.15) is 5.82 Å². The minimum Gasteiger partial charge on any atom is -0.477 e. The van der Waals surface area contributed by atoms with Gasteiger partial charge in [0.05, 0.1) is 5.69 Å². The van der Waals surface area contributed by atoms with Crippen molar-refractivity contribution >= 4 is 11.6 Å². The molecule has 1 amide bonds. The van der Waals surface area contributed by atoms with Crippen molar-refractivity contribution in [3.8, 4) is 5.75 Å². The summed E-state index contributed by atoms with van der Waals surface area (Å²) in [7, 11) is 0. The SMILES string of the molecule is Nc1cc(O[C@H]2CCNC2=O)c(F)cc1F. The van der Waals surface area contributed by atoms with Gasteiger partial charge in [0.25, 0.3) is 5.91 Å². The number of halogens is 2. The van der Waals surface area contributed by atoms with Gasteiger partial charge < -0.3 is 15.8 Å². The highest BCUT2D eigenvalue weighted by Crippen LogP contribution is 2.25. The van der Waals surface area contributed by atoms with E-state index in [4.69, 9.17) is 10.5 Å². The van der Waals surface area contributed by atoms with Crippen LogP contribution in [0.4, 0.5) is 14.5 Å². The third-order valence-corrected chi connectivity index (χ3v) is 2.32. The van der Waals surface area contributed by atoms with Gasteiger partial charge >= 0.3 is 0 Å². The van der Waals surface area contributed by atoms with Gasteiger partial charge in [-0.1, -0.05) is 0 Å². The standard InChI is InChI=1S/C10H10F2N2O2/c11-5-3-6(12)9(4-7(5)13)16-8-1-2-14-10(8)15/h3-4,8H,1-2,13H2,(H,14,15)/t8-/m0/s1. The van der Waals surface area contributed by atoms with Crippen LogP contribution >= 0.6 is 0 Å². The highest BCUT2D eigenvalue weighted by atomic mass is 19.1. The lowest BCUT2D eigenvalue weighted by Gasteiger charge is -2.12. The Balaban J connectivity index is 2.21. The molecule has 3 N–H and O–H groups in total. The van der Waals surface area contributed by atoms with Crippen LogP contribution in [0, 0.1) is 11.6 Å². The quantitative estimate of drug-likeness (QED) is 0.736. The first-order valence-electron chi connectivity index (χ1n) is 4.77. The lowest BCUT2D eigenvalue weighted by Crippen LogP contribution is -2.28. The molecule has 0 radical (unpaired) electrons. The zero-order valence-electron chi connectivity index (χ0n) is 8.30. The molecule has 1 saturated heterocycles. The van der Waals surface area contributed by atoms with Crippen LogP contribution in [0.25, 0.3) is 0 Å². The van der Waals surface area contributed by atoms with Crippen LogP contribution < -0.4 is 15.8 Å². The number of carbonyl (C=O) groups excluding carboxylic acids is 1. The normalized spacial score (nSPS) is 19.6. The fraction of sp³-hybridized carbons (Fsp3) is 0.300. The smallest absolute Gasteiger partial charge is 0.261 e. The molecule has 6 heteroatoms. The molecule has 86 valence electrons. The van der Waals surface area contributed by atoms with Crippen molar-refractivity contribution in [3.63, 3.8) is 0 Å². The minimum absolute atomic E-state index is 0.207. The molecular weight excluding hydrogens is 218 g/mol. The largest absolute Gasteiger partial charge is 0.477 e. The number of nitrogens with one attached hydrogen (secondary N) is 1. The van der Waals surface area contributed by atoms with Crippen molar-refractivity contribution in [1.82, 2.24) is 5.32 Å². The Hall–Kier alpha value is -1.85. The lowest BCUT2D eigenvalue weighted by atomic mass is 10.2. The first kappa shape index (κ1) is 10.7. The second kappa shape index (κ2) is 3.96. The van der Waals surface area contributed by atoms with E-state index in [0.29, 0.717) is 19.0 Å². The molecule has 0 unspecified atom stereocenters. The number of amides is 1. The van der Waals surface area contributed by atoms with Gasteiger partial charge in [0.15, 0.2) is 17.7 Å². The highest BCUT2D eigenvalue weighted by Gasteiger charge is 2.27. The average molecular weight is 228 g/mol. The van der Waals surface area contributed by atoms with Gasteiger partial charge in [-0.05, 0) is 0 Å². The van der Waals surface area contributed by atoms with Crippen LogP contribution in [-0.4, -0.2) is 18.6 Å². The molecule has 2 rings (SSSR count). The van der Waals surface area contributed by atoms with E-state index in [1.807, 2.05) is 0 Å². The van der Waals surface area contributed by atoms with E-state index in [1.165, 1.54) is 0 Å². The van der Waals surface area contributed by atoms with Crippen molar-refractivity contribution in [2.24, 2.45) is 0 Å². The van der Waals surface area contributed by atoms with E-state index in [2.05, 4.69) is 5.32 Å². The van der Waals surface area contributed by atoms with Crippen molar-refractivity contribution in [2.45, 2.75) is 12.5 Å². The first-order valence-corrected chi connectivity index (χ1v) is 4.77. The van der Waals surface area contributed by atoms with E-state index in [0.717, 1.165) is 6.07 Å². The summed E-state index contributed by atoms with van der Waals surface area (Å²) in [5.41, 5.74) is 5.06. The Kier molecular flexibility index (Phi) is 2.64. The molecular formula is C10H10F2N2O2. The number of anilines is 1. The summed E-state index contributed by atoms with van der Waals surface area (Å²) in [5.74, 6) is -2.23. The van der Waals surface area contributed by atoms with E-state index < -0.39 is 17.7 Å². The third-order valence-electron chi connectivity index (χ3n) is 2.32. The average Bonchev–Trinajstić information content (AvgIpc) is 2.61. The van der Waals surface area contributed by atoms with Crippen molar-refractivity contribution in [2.75, 3.05) is 12.3 Å². The molecule has 0 bridgehead atoms. The van der Waals surface area contributed by atoms with Gasteiger partial charge in [-0.3, -0.25) is 4.79 Å². The molecule has 1 aromatic rings. The summed E-state index contributed by atoms with van der Waals surface area (Å²) in [4.78, 5) is 11.2. The van der Waals surface area contributed by atoms with Crippen LogP contribution in [0.1, 0.15) is 6.42 Å². The number of carbonyl (C=O) groups is 1. The van der Waals surface area contributed by atoms with Gasteiger partial charge in [0.2, 0.25) is 0 Å². The Morgan fingerprint density at radius 2 is 2.12 bits per heavy atom. The Labute approximate surface area is 90.4 Å². The van der Waals surface area contributed by atoms with Gasteiger partial charge in [-0.15, -0.1) is 0 Å². The fourth-order valence-electron chi connectivity index (χ4n) is 1.47. The van der Waals surface area contributed by atoms with Crippen LogP contribution in [0.2, 0.25) is 0 Å². The van der Waals surface area contributed by atoms with E-state index in [-0.39, 0.29) is 17.3 Å². The molecule has 16 heavy (non-hydrogen) atoms. The van der Waals surface area contributed by atoms with Crippen molar-refractivity contribution in [1.29, 1.82) is 0 Å². The first-order chi connectivity index (χ1) is 7.58. The summed E-state index contributed by atoms with van der Waals surface area (Å²) in [6.07, 6.45) is -0.283. The van der Waals surface area contributed by atoms with Gasteiger partial charge in [-0.25, -0.2) is 8.78 Å². The predicted octanol–water partition coefficient (Wildman–Crippen LogP) is 0.814. The molecule has 0 saturated carbocycles. The minimum atomic E-state index is -0.869. The summed E-state index contributed by atoms with van der Waals surface area (Å²) >= 11 is 0. The summed E-state index contributed by atoms with van der Waals surface area (Å²) in [6, 6.07) is 1.67. The van der Waals surface area contributed by atoms with Crippen LogP contribution in [0.3, 0.4) is 0 Å². The summed E-state index contributed by atoms with van der Waals surface area (Å²) in [5, 5.41) is 2.54. The Morgan fingerprint density at radius 1 is 1.38 bits per heavy atom. The molecule has 1 fully saturated rings. The fourth-order valence-corrected chi connectivity index (χ4v) is 1.47. The maximum Gasteiger partial charge on any atom is 0.261 e.